The van der Waals surface area contributed by atoms with Gasteiger partial charge in [-0.2, -0.15) is 0 Å². The van der Waals surface area contributed by atoms with Gasteiger partial charge < -0.3 is 14.5 Å². The van der Waals surface area contributed by atoms with Gasteiger partial charge in [-0.05, 0) is 40.7 Å². The Morgan fingerprint density at radius 2 is 2.10 bits per heavy atom. The van der Waals surface area contributed by atoms with Gasteiger partial charge in [0, 0.05) is 30.7 Å². The van der Waals surface area contributed by atoms with Crippen LogP contribution in [0.3, 0.4) is 0 Å². The minimum Gasteiger partial charge on any atom is -0.468 e. The lowest BCUT2D eigenvalue weighted by molar-refractivity contribution is -0.0894. The van der Waals surface area contributed by atoms with Crippen LogP contribution in [-0.4, -0.2) is 35.7 Å². The van der Waals surface area contributed by atoms with Crippen LogP contribution < -0.4 is 5.32 Å². The average molecular weight is 280 g/mol. The van der Waals surface area contributed by atoms with E-state index in [1.54, 1.807) is 0 Å². The molecule has 20 heavy (non-hydrogen) atoms. The molecule has 0 amide bonds. The summed E-state index contributed by atoms with van der Waals surface area (Å²) in [6.07, 6.45) is 1.86. The first-order chi connectivity index (χ1) is 9.23. The van der Waals surface area contributed by atoms with Crippen molar-refractivity contribution in [2.45, 2.75) is 58.8 Å². The van der Waals surface area contributed by atoms with Gasteiger partial charge in [-0.3, -0.25) is 4.90 Å². The molecule has 2 heterocycles. The fraction of sp³-hybridized carbons (Fsp3) is 0.750. The summed E-state index contributed by atoms with van der Waals surface area (Å²) in [5, 5.41) is 3.47. The Hall–Kier alpha value is -0.840. The SMILES string of the molecule is CC(C)(C)NCc1coc(CN2CCOC(C)(C)C2)c1. The van der Waals surface area contributed by atoms with Crippen molar-refractivity contribution in [1.29, 1.82) is 0 Å². The van der Waals surface area contributed by atoms with Crippen molar-refractivity contribution in [2.75, 3.05) is 19.7 Å². The molecule has 1 N–H and O–H groups in total. The minimum atomic E-state index is -0.0541. The van der Waals surface area contributed by atoms with Crippen molar-refractivity contribution >= 4 is 0 Å². The van der Waals surface area contributed by atoms with Gasteiger partial charge in [0.05, 0.1) is 25.0 Å². The van der Waals surface area contributed by atoms with Crippen LogP contribution in [0.15, 0.2) is 16.7 Å². The number of furan rings is 1. The number of morpholine rings is 1. The Morgan fingerprint density at radius 3 is 2.75 bits per heavy atom. The van der Waals surface area contributed by atoms with E-state index in [-0.39, 0.29) is 11.1 Å². The summed E-state index contributed by atoms with van der Waals surface area (Å²) in [5.41, 5.74) is 1.29. The van der Waals surface area contributed by atoms with Crippen LogP contribution in [-0.2, 0) is 17.8 Å². The van der Waals surface area contributed by atoms with Gasteiger partial charge in [-0.1, -0.05) is 0 Å². The molecule has 0 radical (unpaired) electrons. The van der Waals surface area contributed by atoms with E-state index in [2.05, 4.69) is 50.9 Å². The van der Waals surface area contributed by atoms with E-state index in [1.807, 2.05) is 6.26 Å². The van der Waals surface area contributed by atoms with Crippen molar-refractivity contribution in [2.24, 2.45) is 0 Å². The zero-order chi connectivity index (χ0) is 14.8. The topological polar surface area (TPSA) is 37.6 Å². The largest absolute Gasteiger partial charge is 0.468 e. The van der Waals surface area contributed by atoms with E-state index in [9.17, 15) is 0 Å². The van der Waals surface area contributed by atoms with Crippen molar-refractivity contribution in [3.8, 4) is 0 Å². The van der Waals surface area contributed by atoms with Crippen molar-refractivity contribution in [3.05, 3.63) is 23.7 Å². The smallest absolute Gasteiger partial charge is 0.118 e. The molecule has 1 saturated heterocycles. The Balaban J connectivity index is 1.86. The predicted molar refractivity (Wildman–Crippen MR) is 80.6 cm³/mol. The Labute approximate surface area is 122 Å². The summed E-state index contributed by atoms with van der Waals surface area (Å²) in [4.78, 5) is 2.39. The Morgan fingerprint density at radius 1 is 1.35 bits per heavy atom. The molecule has 0 spiro atoms. The Kier molecular flexibility index (Phi) is 4.57. The third-order valence-corrected chi connectivity index (χ3v) is 3.42. The van der Waals surface area contributed by atoms with Gasteiger partial charge in [0.25, 0.3) is 0 Å². The normalized spacial score (nSPS) is 20.2. The number of ether oxygens (including phenoxy) is 1. The maximum atomic E-state index is 5.73. The highest BCUT2D eigenvalue weighted by Gasteiger charge is 2.27. The fourth-order valence-corrected chi connectivity index (χ4v) is 2.44. The summed E-state index contributed by atoms with van der Waals surface area (Å²) < 4.78 is 11.4. The van der Waals surface area contributed by atoms with E-state index in [4.69, 9.17) is 9.15 Å². The number of nitrogens with zero attached hydrogens (tertiary/aromatic N) is 1. The van der Waals surface area contributed by atoms with Crippen LogP contribution in [0, 0.1) is 0 Å². The number of rotatable bonds is 4. The summed E-state index contributed by atoms with van der Waals surface area (Å²) >= 11 is 0. The van der Waals surface area contributed by atoms with Crippen molar-refractivity contribution in [1.82, 2.24) is 10.2 Å². The van der Waals surface area contributed by atoms with Crippen LogP contribution in [0.4, 0.5) is 0 Å². The molecule has 4 nitrogen and oxygen atoms in total. The molecule has 1 aliphatic heterocycles. The molecule has 1 aromatic rings. The van der Waals surface area contributed by atoms with Crippen molar-refractivity contribution < 1.29 is 9.15 Å². The van der Waals surface area contributed by atoms with Gasteiger partial charge in [-0.15, -0.1) is 0 Å². The van der Waals surface area contributed by atoms with E-state index >= 15 is 0 Å². The molecule has 0 aliphatic carbocycles. The van der Waals surface area contributed by atoms with Gasteiger partial charge in [0.2, 0.25) is 0 Å². The molecule has 114 valence electrons. The molecule has 0 bridgehead atoms. The van der Waals surface area contributed by atoms with Gasteiger partial charge >= 0.3 is 0 Å². The maximum Gasteiger partial charge on any atom is 0.118 e. The number of hydrogen-bond acceptors (Lipinski definition) is 4. The summed E-state index contributed by atoms with van der Waals surface area (Å²) in [7, 11) is 0. The molecule has 0 unspecified atom stereocenters. The third-order valence-electron chi connectivity index (χ3n) is 3.42. The number of hydrogen-bond donors (Lipinski definition) is 1. The first-order valence-electron chi connectivity index (χ1n) is 7.41. The van der Waals surface area contributed by atoms with Crippen LogP contribution in [0.5, 0.6) is 0 Å². The average Bonchev–Trinajstić information content (AvgIpc) is 2.72. The lowest BCUT2D eigenvalue weighted by Gasteiger charge is -2.37. The second kappa shape index (κ2) is 5.88. The van der Waals surface area contributed by atoms with Crippen LogP contribution in [0.25, 0.3) is 0 Å². The van der Waals surface area contributed by atoms with Crippen molar-refractivity contribution in [3.63, 3.8) is 0 Å². The second-order valence-electron chi connectivity index (χ2n) is 7.34. The monoisotopic (exact) mass is 280 g/mol. The lowest BCUT2D eigenvalue weighted by Crippen LogP contribution is -2.47. The Bertz CT molecular complexity index is 432. The molecule has 1 fully saturated rings. The quantitative estimate of drug-likeness (QED) is 0.920. The molecule has 1 aromatic heterocycles. The molecular formula is C16H28N2O2. The summed E-state index contributed by atoms with van der Waals surface area (Å²) in [5.74, 6) is 1.04. The zero-order valence-corrected chi connectivity index (χ0v) is 13.5. The van der Waals surface area contributed by atoms with Gasteiger partial charge in [-0.25, -0.2) is 0 Å². The van der Waals surface area contributed by atoms with Crippen LogP contribution in [0.2, 0.25) is 0 Å². The molecule has 1 aliphatic rings. The fourth-order valence-electron chi connectivity index (χ4n) is 2.44. The van der Waals surface area contributed by atoms with E-state index in [1.165, 1.54) is 5.56 Å². The van der Waals surface area contributed by atoms with Crippen LogP contribution in [0.1, 0.15) is 45.9 Å². The van der Waals surface area contributed by atoms with E-state index < -0.39 is 0 Å². The zero-order valence-electron chi connectivity index (χ0n) is 13.5. The highest BCUT2D eigenvalue weighted by atomic mass is 16.5. The third kappa shape index (κ3) is 4.93. The predicted octanol–water partition coefficient (Wildman–Crippen LogP) is 2.78. The summed E-state index contributed by atoms with van der Waals surface area (Å²) in [6, 6.07) is 2.15. The second-order valence-corrected chi connectivity index (χ2v) is 7.34. The number of nitrogens with one attached hydrogen (secondary N) is 1. The highest BCUT2D eigenvalue weighted by molar-refractivity contribution is 5.13. The molecule has 0 aromatic carbocycles. The van der Waals surface area contributed by atoms with Gasteiger partial charge in [0.1, 0.15) is 5.76 Å². The standard InChI is InChI=1S/C16H28N2O2/c1-15(2,3)17-9-13-8-14(19-11-13)10-18-6-7-20-16(4,5)12-18/h8,11,17H,6-7,9-10,12H2,1-5H3. The van der Waals surface area contributed by atoms with E-state index in [0.717, 1.165) is 38.5 Å². The molecular weight excluding hydrogens is 252 g/mol. The minimum absolute atomic E-state index is 0.0541. The first kappa shape index (κ1) is 15.5. The molecule has 2 rings (SSSR count). The molecule has 0 atom stereocenters. The van der Waals surface area contributed by atoms with Gasteiger partial charge in [0.15, 0.2) is 0 Å². The molecule has 4 heteroatoms. The lowest BCUT2D eigenvalue weighted by atomic mass is 10.1. The molecule has 0 saturated carbocycles. The summed E-state index contributed by atoms with van der Waals surface area (Å²) in [6.45, 7) is 15.2. The first-order valence-corrected chi connectivity index (χ1v) is 7.41. The van der Waals surface area contributed by atoms with Crippen LogP contribution >= 0.6 is 0 Å². The highest BCUT2D eigenvalue weighted by Crippen LogP contribution is 2.19. The van der Waals surface area contributed by atoms with E-state index in [0.29, 0.717) is 0 Å². The maximum absolute atomic E-state index is 5.73.